The molecule has 0 aliphatic carbocycles. The molecule has 0 unspecified atom stereocenters. The normalized spacial score (nSPS) is 16.8. The first-order valence-corrected chi connectivity index (χ1v) is 14.4. The molecule has 4 aromatic rings. The van der Waals surface area contributed by atoms with Crippen molar-refractivity contribution in [2.24, 2.45) is 5.41 Å². The van der Waals surface area contributed by atoms with Gasteiger partial charge >= 0.3 is 6.09 Å². The van der Waals surface area contributed by atoms with Crippen LogP contribution >= 0.6 is 0 Å². The number of H-pyrrole nitrogens is 1. The molecule has 2 aromatic carbocycles. The van der Waals surface area contributed by atoms with Gasteiger partial charge in [-0.25, -0.2) is 19.2 Å². The summed E-state index contributed by atoms with van der Waals surface area (Å²) in [5.74, 6) is -0.473. The van der Waals surface area contributed by atoms with Crippen LogP contribution in [0.2, 0.25) is 0 Å². The maximum atomic E-state index is 14.1. The number of nitrogens with zero attached hydrogens (tertiary/aromatic N) is 5. The summed E-state index contributed by atoms with van der Waals surface area (Å²) in [4.78, 5) is 28.8. The minimum Gasteiger partial charge on any atom is -0.444 e. The smallest absolute Gasteiger partial charge is 0.410 e. The van der Waals surface area contributed by atoms with E-state index in [0.717, 1.165) is 68.6 Å². The first kappa shape index (κ1) is 27.9. The molecule has 6 rings (SSSR count). The molecule has 2 saturated heterocycles. The minimum atomic E-state index is -0.473. The monoisotopic (exact) mass is 566 g/mol. The summed E-state index contributed by atoms with van der Waals surface area (Å²) >= 11 is 0. The third-order valence-electron chi connectivity index (χ3n) is 8.33. The second-order valence-corrected chi connectivity index (χ2v) is 12.6. The van der Waals surface area contributed by atoms with Crippen LogP contribution in [0.15, 0.2) is 54.9 Å². The lowest BCUT2D eigenvalue weighted by molar-refractivity contribution is -0.0590. The molecule has 1 N–H and O–H groups in total. The molecule has 4 heterocycles. The summed E-state index contributed by atoms with van der Waals surface area (Å²) in [5.41, 5.74) is 5.04. The molecule has 42 heavy (non-hydrogen) atoms. The molecule has 8 nitrogen and oxygen atoms in total. The number of nitriles is 1. The van der Waals surface area contributed by atoms with E-state index in [1.807, 2.05) is 37.8 Å². The predicted molar refractivity (Wildman–Crippen MR) is 159 cm³/mol. The van der Waals surface area contributed by atoms with E-state index < -0.39 is 11.4 Å². The highest BCUT2D eigenvalue weighted by atomic mass is 19.1. The Balaban J connectivity index is 1.05. The summed E-state index contributed by atoms with van der Waals surface area (Å²) in [5, 5.41) is 10.0. The van der Waals surface area contributed by atoms with Gasteiger partial charge in [0.1, 0.15) is 23.4 Å². The van der Waals surface area contributed by atoms with Gasteiger partial charge < -0.3 is 19.5 Å². The number of amides is 1. The highest BCUT2D eigenvalue weighted by Gasteiger charge is 2.47. The van der Waals surface area contributed by atoms with E-state index >= 15 is 0 Å². The van der Waals surface area contributed by atoms with Crippen LogP contribution in [0.1, 0.15) is 44.7 Å². The van der Waals surface area contributed by atoms with Crippen molar-refractivity contribution in [1.29, 1.82) is 5.26 Å². The molecular formula is C33H35FN6O2. The SMILES string of the molecule is CC(C)(C)OC(=O)N1CC2(CCN(CCc3ccc(-c4cc5c(-c6cc(F)cc(C#N)c6)ncnc5[nH]4)cc3)CC2)C1. The van der Waals surface area contributed by atoms with E-state index in [1.54, 1.807) is 6.07 Å². The molecule has 1 spiro atoms. The largest absolute Gasteiger partial charge is 0.444 e. The molecular weight excluding hydrogens is 531 g/mol. The number of hydrogen-bond acceptors (Lipinski definition) is 6. The van der Waals surface area contributed by atoms with Crippen molar-refractivity contribution < 1.29 is 13.9 Å². The van der Waals surface area contributed by atoms with E-state index in [2.05, 4.69) is 44.1 Å². The van der Waals surface area contributed by atoms with Gasteiger partial charge in [-0.05, 0) is 88.5 Å². The zero-order valence-electron chi connectivity index (χ0n) is 24.3. The summed E-state index contributed by atoms with van der Waals surface area (Å²) in [6.45, 7) is 10.4. The zero-order valence-corrected chi connectivity index (χ0v) is 24.3. The van der Waals surface area contributed by atoms with Crippen LogP contribution in [-0.2, 0) is 11.2 Å². The lowest BCUT2D eigenvalue weighted by Gasteiger charge is -2.53. The second kappa shape index (κ2) is 10.8. The molecule has 2 aliphatic heterocycles. The first-order chi connectivity index (χ1) is 20.1. The fourth-order valence-corrected chi connectivity index (χ4v) is 6.04. The predicted octanol–water partition coefficient (Wildman–Crippen LogP) is 6.18. The quantitative estimate of drug-likeness (QED) is 0.310. The highest BCUT2D eigenvalue weighted by Crippen LogP contribution is 2.41. The standard InChI is InChI=1S/C33H35FN6O2/c1-32(2,3)42-31(41)40-19-33(20-40)9-12-39(13-10-33)11-8-22-4-6-24(7-5-22)28-17-27-29(36-21-37-30(27)38-28)25-14-23(18-35)15-26(34)16-25/h4-7,14-17,21H,8-13,19-20H2,1-3H3,(H,36,37,38). The number of rotatable bonds is 5. The number of benzene rings is 2. The summed E-state index contributed by atoms with van der Waals surface area (Å²) < 4.78 is 19.6. The van der Waals surface area contributed by atoms with Crippen molar-refractivity contribution >= 4 is 17.1 Å². The Morgan fingerprint density at radius 3 is 2.50 bits per heavy atom. The molecule has 9 heteroatoms. The molecule has 0 saturated carbocycles. The average Bonchev–Trinajstić information content (AvgIpc) is 3.39. The van der Waals surface area contributed by atoms with Gasteiger partial charge in [0, 0.05) is 41.7 Å². The Kier molecular flexibility index (Phi) is 7.19. The highest BCUT2D eigenvalue weighted by molar-refractivity contribution is 5.94. The number of aromatic amines is 1. The number of carbonyl (C=O) groups is 1. The van der Waals surface area contributed by atoms with E-state index in [4.69, 9.17) is 4.74 Å². The van der Waals surface area contributed by atoms with Crippen molar-refractivity contribution in [2.45, 2.75) is 45.6 Å². The lowest BCUT2D eigenvalue weighted by atomic mass is 9.72. The Morgan fingerprint density at radius 2 is 1.81 bits per heavy atom. The molecule has 0 radical (unpaired) electrons. The molecule has 2 aliphatic rings. The maximum Gasteiger partial charge on any atom is 0.410 e. The molecule has 0 atom stereocenters. The Bertz CT molecular complexity index is 1650. The molecule has 2 aromatic heterocycles. The Morgan fingerprint density at radius 1 is 1.07 bits per heavy atom. The zero-order chi connectivity index (χ0) is 29.5. The summed E-state index contributed by atoms with van der Waals surface area (Å²) in [6.07, 6.45) is 4.46. The number of halogens is 1. The third-order valence-corrected chi connectivity index (χ3v) is 8.33. The number of carbonyl (C=O) groups excluding carboxylic acids is 1. The minimum absolute atomic E-state index is 0.194. The van der Waals surface area contributed by atoms with Crippen molar-refractivity contribution in [1.82, 2.24) is 24.8 Å². The Labute approximate surface area is 245 Å². The van der Waals surface area contributed by atoms with Crippen molar-refractivity contribution in [3.8, 4) is 28.6 Å². The van der Waals surface area contributed by atoms with Crippen molar-refractivity contribution in [3.05, 3.63) is 71.8 Å². The van der Waals surface area contributed by atoms with Crippen LogP contribution in [0, 0.1) is 22.6 Å². The number of nitrogens with one attached hydrogen (secondary N) is 1. The van der Waals surface area contributed by atoms with Crippen LogP contribution in [0.3, 0.4) is 0 Å². The van der Waals surface area contributed by atoms with Gasteiger partial charge in [-0.3, -0.25) is 0 Å². The van der Waals surface area contributed by atoms with E-state index in [0.29, 0.717) is 16.9 Å². The van der Waals surface area contributed by atoms with E-state index in [1.165, 1.54) is 24.0 Å². The van der Waals surface area contributed by atoms with Gasteiger partial charge in [0.2, 0.25) is 0 Å². The lowest BCUT2D eigenvalue weighted by Crippen LogP contribution is -2.62. The number of likely N-dealkylation sites (tertiary alicyclic amines) is 2. The van der Waals surface area contributed by atoms with Gasteiger partial charge in [0.15, 0.2) is 0 Å². The van der Waals surface area contributed by atoms with Gasteiger partial charge in [0.25, 0.3) is 0 Å². The molecule has 216 valence electrons. The van der Waals surface area contributed by atoms with Crippen LogP contribution in [-0.4, -0.2) is 69.2 Å². The fraction of sp³-hybridized carbons (Fsp3) is 0.394. The van der Waals surface area contributed by atoms with Crippen LogP contribution < -0.4 is 0 Å². The third kappa shape index (κ3) is 5.86. The van der Waals surface area contributed by atoms with Crippen LogP contribution in [0.4, 0.5) is 9.18 Å². The Hall–Kier alpha value is -4.29. The number of piperidine rings is 1. The molecule has 1 amide bonds. The first-order valence-electron chi connectivity index (χ1n) is 14.4. The van der Waals surface area contributed by atoms with Crippen LogP contribution in [0.25, 0.3) is 33.5 Å². The van der Waals surface area contributed by atoms with Gasteiger partial charge in [0.05, 0.1) is 17.3 Å². The topological polar surface area (TPSA) is 98.1 Å². The van der Waals surface area contributed by atoms with Gasteiger partial charge in [-0.15, -0.1) is 0 Å². The fourth-order valence-electron chi connectivity index (χ4n) is 6.04. The van der Waals surface area contributed by atoms with E-state index in [-0.39, 0.29) is 17.1 Å². The van der Waals surface area contributed by atoms with Gasteiger partial charge in [-0.2, -0.15) is 5.26 Å². The number of aromatic nitrogens is 3. The number of ether oxygens (including phenoxy) is 1. The summed E-state index contributed by atoms with van der Waals surface area (Å²) in [7, 11) is 0. The van der Waals surface area contributed by atoms with Gasteiger partial charge in [-0.1, -0.05) is 24.3 Å². The molecule has 0 bridgehead atoms. The van der Waals surface area contributed by atoms with Crippen molar-refractivity contribution in [2.75, 3.05) is 32.7 Å². The average molecular weight is 567 g/mol. The maximum absolute atomic E-state index is 14.1. The summed E-state index contributed by atoms with van der Waals surface area (Å²) in [6, 6.07) is 16.7. The molecule has 2 fully saturated rings. The van der Waals surface area contributed by atoms with E-state index in [9.17, 15) is 14.4 Å². The number of fused-ring (bicyclic) bond motifs is 1. The van der Waals surface area contributed by atoms with Crippen molar-refractivity contribution in [3.63, 3.8) is 0 Å². The number of hydrogen-bond donors (Lipinski definition) is 1. The van der Waals surface area contributed by atoms with Crippen LogP contribution in [0.5, 0.6) is 0 Å². The second-order valence-electron chi connectivity index (χ2n) is 12.6.